The summed E-state index contributed by atoms with van der Waals surface area (Å²) in [4.78, 5) is 2.52. The molecule has 0 N–H and O–H groups in total. The third-order valence-corrected chi connectivity index (χ3v) is 16.7. The lowest BCUT2D eigenvalue weighted by atomic mass is 9.82. The second kappa shape index (κ2) is 14.9. The molecular weight excluding hydrogens is 869 g/mol. The summed E-state index contributed by atoms with van der Waals surface area (Å²) in [6, 6.07) is 86.9. The normalized spacial score (nSPS) is 14.3. The van der Waals surface area contributed by atoms with Crippen molar-refractivity contribution >= 4 is 49.6 Å². The third kappa shape index (κ3) is 5.78. The van der Waals surface area contributed by atoms with Crippen molar-refractivity contribution in [1.29, 1.82) is 0 Å². The second-order valence-corrected chi connectivity index (χ2v) is 21.3. The highest BCUT2D eigenvalue weighted by Gasteiger charge is 2.37. The van der Waals surface area contributed by atoms with Gasteiger partial charge in [0.15, 0.2) is 0 Å². The van der Waals surface area contributed by atoms with Crippen molar-refractivity contribution in [1.82, 2.24) is 4.57 Å². The molecule has 2 heterocycles. The lowest BCUT2D eigenvalue weighted by molar-refractivity contribution is 0.660. The number of fused-ring (bicyclic) bond motifs is 11. The van der Waals surface area contributed by atoms with Crippen LogP contribution in [-0.2, 0) is 10.8 Å². The topological polar surface area (TPSA) is 8.17 Å². The van der Waals surface area contributed by atoms with Gasteiger partial charge < -0.3 is 9.47 Å². The van der Waals surface area contributed by atoms with Gasteiger partial charge in [-0.2, -0.15) is 0 Å². The number of rotatable bonds is 5. The molecule has 2 aliphatic carbocycles. The molecule has 0 atom stereocenters. The van der Waals surface area contributed by atoms with Gasteiger partial charge in [-0.15, -0.1) is 0 Å². The van der Waals surface area contributed by atoms with Crippen molar-refractivity contribution in [3.63, 3.8) is 0 Å². The fourth-order valence-corrected chi connectivity index (χ4v) is 13.1. The Hall–Kier alpha value is -8.72. The summed E-state index contributed by atoms with van der Waals surface area (Å²) in [6.07, 6.45) is 0. The van der Waals surface area contributed by atoms with Crippen LogP contribution >= 0.6 is 0 Å². The van der Waals surface area contributed by atoms with Crippen LogP contribution in [0.25, 0.3) is 105 Å². The third-order valence-electron chi connectivity index (χ3n) is 16.7. The smallest absolute Gasteiger partial charge is 0.0562 e. The molecule has 0 saturated carbocycles. The van der Waals surface area contributed by atoms with Crippen LogP contribution in [-0.4, -0.2) is 4.57 Å². The molecule has 2 heteroatoms. The summed E-state index contributed by atoms with van der Waals surface area (Å²) < 4.78 is 2.51. The highest BCUT2D eigenvalue weighted by Crippen LogP contribution is 2.55. The standard InChI is InChI=1S/C70H50N2/c1-69(2)60-27-10-8-24-52(60)55-38-48(30-33-62(55)69)45-20-12-22-50(36-45)71-64-35-32-47(43-16-6-5-7-17-43)40-57(64)59-41-58-54-26-14-18-44-19-15-29-65(68(44)54)72(66(58)42-67(59)71)51-23-13-21-46(37-51)49-31-34-63-56(39-49)53-25-9-11-28-61(53)70(63,3)4/h5-42H,1-4H3. The van der Waals surface area contributed by atoms with Crippen molar-refractivity contribution in [3.8, 4) is 72.4 Å². The van der Waals surface area contributed by atoms with Crippen molar-refractivity contribution < 1.29 is 0 Å². The van der Waals surface area contributed by atoms with Gasteiger partial charge in [-0.3, -0.25) is 0 Å². The van der Waals surface area contributed by atoms with Crippen molar-refractivity contribution in [2.75, 3.05) is 4.90 Å². The molecule has 340 valence electrons. The lowest BCUT2D eigenvalue weighted by Crippen LogP contribution is -2.15. The van der Waals surface area contributed by atoms with Crippen LogP contribution in [0.15, 0.2) is 231 Å². The predicted octanol–water partition coefficient (Wildman–Crippen LogP) is 19.0. The molecule has 0 amide bonds. The molecule has 0 spiro atoms. The maximum atomic E-state index is 2.52. The van der Waals surface area contributed by atoms with Gasteiger partial charge in [0.2, 0.25) is 0 Å². The van der Waals surface area contributed by atoms with E-state index in [-0.39, 0.29) is 10.8 Å². The van der Waals surface area contributed by atoms with Gasteiger partial charge in [0, 0.05) is 43.9 Å². The summed E-state index contributed by atoms with van der Waals surface area (Å²) in [5.74, 6) is 0. The number of benzene rings is 11. The first-order valence-electron chi connectivity index (χ1n) is 25.4. The van der Waals surface area contributed by atoms with E-state index in [2.05, 4.69) is 268 Å². The molecule has 0 bridgehead atoms. The van der Waals surface area contributed by atoms with E-state index in [1.165, 1.54) is 133 Å². The van der Waals surface area contributed by atoms with E-state index in [4.69, 9.17) is 0 Å². The molecular formula is C70H50N2. The zero-order valence-corrected chi connectivity index (χ0v) is 40.8. The summed E-state index contributed by atoms with van der Waals surface area (Å²) >= 11 is 0. The van der Waals surface area contributed by atoms with Crippen LogP contribution < -0.4 is 4.90 Å². The van der Waals surface area contributed by atoms with E-state index >= 15 is 0 Å². The van der Waals surface area contributed by atoms with E-state index in [0.29, 0.717) is 0 Å². The van der Waals surface area contributed by atoms with E-state index in [0.717, 1.165) is 11.4 Å². The Morgan fingerprint density at radius 3 is 1.47 bits per heavy atom. The Bertz CT molecular complexity index is 4270. The van der Waals surface area contributed by atoms with Gasteiger partial charge in [0.05, 0.1) is 22.4 Å². The Morgan fingerprint density at radius 1 is 0.292 bits per heavy atom. The number of nitrogens with zero attached hydrogens (tertiary/aromatic N) is 2. The van der Waals surface area contributed by atoms with E-state index in [1.54, 1.807) is 0 Å². The first-order valence-corrected chi connectivity index (χ1v) is 25.4. The average Bonchev–Trinajstić information content (AvgIpc) is 3.96. The molecule has 1 aliphatic heterocycles. The predicted molar refractivity (Wildman–Crippen MR) is 303 cm³/mol. The highest BCUT2D eigenvalue weighted by molar-refractivity contribution is 6.19. The van der Waals surface area contributed by atoms with Crippen LogP contribution in [0.2, 0.25) is 0 Å². The van der Waals surface area contributed by atoms with Crippen LogP contribution in [0.1, 0.15) is 49.9 Å². The minimum absolute atomic E-state index is 0.0415. The average molecular weight is 919 g/mol. The van der Waals surface area contributed by atoms with E-state index in [1.807, 2.05) is 0 Å². The van der Waals surface area contributed by atoms with Crippen molar-refractivity contribution in [2.24, 2.45) is 0 Å². The first-order chi connectivity index (χ1) is 35.2. The zero-order chi connectivity index (χ0) is 48.0. The Kier molecular flexibility index (Phi) is 8.51. The van der Waals surface area contributed by atoms with E-state index < -0.39 is 0 Å². The Balaban J connectivity index is 0.947. The number of aromatic nitrogens is 1. The SMILES string of the molecule is CC1(C)c2ccccc2-c2cc(-c3cccc(N4c5cc6c(cc5-c5cccc7cccc4c57)c4cc(-c5ccccc5)ccc4n6-c4cccc(-c5ccc6c(c5)-c5ccccc5C6(C)C)c4)c3)ccc21. The molecule has 0 unspecified atom stereocenters. The summed E-state index contributed by atoms with van der Waals surface area (Å²) in [6.45, 7) is 9.42. The van der Waals surface area contributed by atoms with Gasteiger partial charge >= 0.3 is 0 Å². The molecule has 72 heavy (non-hydrogen) atoms. The summed E-state index contributed by atoms with van der Waals surface area (Å²) in [5.41, 5.74) is 27.6. The fourth-order valence-electron chi connectivity index (χ4n) is 13.1. The maximum Gasteiger partial charge on any atom is 0.0562 e. The van der Waals surface area contributed by atoms with Crippen LogP contribution in [0.3, 0.4) is 0 Å². The number of hydrogen-bond acceptors (Lipinski definition) is 1. The molecule has 0 radical (unpaired) electrons. The highest BCUT2D eigenvalue weighted by atomic mass is 15.2. The maximum absolute atomic E-state index is 2.52. The van der Waals surface area contributed by atoms with Crippen LogP contribution in [0.4, 0.5) is 17.1 Å². The monoisotopic (exact) mass is 918 g/mol. The summed E-state index contributed by atoms with van der Waals surface area (Å²) in [7, 11) is 0. The quantitative estimate of drug-likeness (QED) is 0.167. The molecule has 3 aliphatic rings. The Morgan fingerprint density at radius 2 is 0.792 bits per heavy atom. The fraction of sp³-hybridized carbons (Fsp3) is 0.0857. The van der Waals surface area contributed by atoms with Crippen molar-refractivity contribution in [2.45, 2.75) is 38.5 Å². The van der Waals surface area contributed by atoms with E-state index in [9.17, 15) is 0 Å². The molecule has 2 nitrogen and oxygen atoms in total. The minimum atomic E-state index is -0.0416. The molecule has 15 rings (SSSR count). The molecule has 0 fully saturated rings. The van der Waals surface area contributed by atoms with Crippen LogP contribution in [0.5, 0.6) is 0 Å². The number of hydrogen-bond donors (Lipinski definition) is 0. The lowest BCUT2D eigenvalue weighted by Gasteiger charge is -2.34. The zero-order valence-electron chi connectivity index (χ0n) is 40.8. The first kappa shape index (κ1) is 41.1. The second-order valence-electron chi connectivity index (χ2n) is 21.3. The van der Waals surface area contributed by atoms with Gasteiger partial charge in [-0.05, 0) is 156 Å². The number of anilines is 3. The largest absolute Gasteiger partial charge is 0.309 e. The van der Waals surface area contributed by atoms with Crippen molar-refractivity contribution in [3.05, 3.63) is 253 Å². The molecule has 11 aromatic carbocycles. The van der Waals surface area contributed by atoms with Gasteiger partial charge in [-0.25, -0.2) is 0 Å². The minimum Gasteiger partial charge on any atom is -0.309 e. The van der Waals surface area contributed by atoms with Gasteiger partial charge in [-0.1, -0.05) is 191 Å². The summed E-state index contributed by atoms with van der Waals surface area (Å²) in [5, 5.41) is 4.98. The van der Waals surface area contributed by atoms with Gasteiger partial charge in [0.25, 0.3) is 0 Å². The van der Waals surface area contributed by atoms with Crippen LogP contribution in [0, 0.1) is 0 Å². The Labute approximate surface area is 420 Å². The van der Waals surface area contributed by atoms with Gasteiger partial charge in [0.1, 0.15) is 0 Å². The molecule has 0 saturated heterocycles. The molecule has 12 aromatic rings. The molecule has 1 aromatic heterocycles.